The standard InChI is InChI=1S/C40H28ClNSi/c41-37-28-39-40(35-24-14-13-23-34(35)37)36-27-31(42(29-15-5-1-6-16-29)30-17-7-2-8-18-30)25-26-38(36)43(39,32-19-9-3-10-20-32)33-21-11-4-12-22-33/h1-28H. The zero-order valence-corrected chi connectivity index (χ0v) is 25.2. The number of para-hydroxylation sites is 2. The van der Waals surface area contributed by atoms with Crippen LogP contribution in [0.2, 0.25) is 5.02 Å². The van der Waals surface area contributed by atoms with Gasteiger partial charge in [0.1, 0.15) is 0 Å². The van der Waals surface area contributed by atoms with Gasteiger partial charge >= 0.3 is 0 Å². The Hall–Kier alpha value is -4.89. The summed E-state index contributed by atoms with van der Waals surface area (Å²) in [4.78, 5) is 2.35. The fourth-order valence-electron chi connectivity index (χ4n) is 7.03. The van der Waals surface area contributed by atoms with Crippen molar-refractivity contribution in [2.75, 3.05) is 4.90 Å². The van der Waals surface area contributed by atoms with Gasteiger partial charge in [-0.25, -0.2) is 0 Å². The first-order chi connectivity index (χ1) is 21.3. The molecule has 0 N–H and O–H groups in total. The summed E-state index contributed by atoms with van der Waals surface area (Å²) in [5, 5.41) is 8.58. The third-order valence-corrected chi connectivity index (χ3v) is 13.9. The number of nitrogens with zero attached hydrogens (tertiary/aromatic N) is 1. The van der Waals surface area contributed by atoms with Gasteiger partial charge in [0.15, 0.2) is 8.07 Å². The van der Waals surface area contributed by atoms with Crippen molar-refractivity contribution in [1.82, 2.24) is 0 Å². The molecule has 1 heterocycles. The van der Waals surface area contributed by atoms with Gasteiger partial charge in [0.25, 0.3) is 0 Å². The molecule has 3 heteroatoms. The molecule has 0 aliphatic carbocycles. The van der Waals surface area contributed by atoms with E-state index in [1.807, 2.05) is 0 Å². The number of anilines is 3. The molecule has 1 aliphatic heterocycles. The van der Waals surface area contributed by atoms with Gasteiger partial charge < -0.3 is 4.90 Å². The highest BCUT2D eigenvalue weighted by Crippen LogP contribution is 2.41. The van der Waals surface area contributed by atoms with Crippen LogP contribution in [0.3, 0.4) is 0 Å². The van der Waals surface area contributed by atoms with Crippen LogP contribution in [0.4, 0.5) is 17.1 Å². The van der Waals surface area contributed by atoms with Gasteiger partial charge in [-0.15, -0.1) is 0 Å². The van der Waals surface area contributed by atoms with Crippen LogP contribution in [0, 0.1) is 0 Å². The van der Waals surface area contributed by atoms with Crippen molar-refractivity contribution < 1.29 is 0 Å². The molecule has 1 aliphatic rings. The normalized spacial score (nSPS) is 13.0. The molecular formula is C40H28ClNSi. The highest BCUT2D eigenvalue weighted by atomic mass is 35.5. The predicted octanol–water partition coefficient (Wildman–Crippen LogP) is 8.32. The maximum atomic E-state index is 7.14. The maximum absolute atomic E-state index is 7.14. The van der Waals surface area contributed by atoms with Crippen molar-refractivity contribution in [3.63, 3.8) is 0 Å². The van der Waals surface area contributed by atoms with E-state index in [4.69, 9.17) is 11.6 Å². The minimum absolute atomic E-state index is 0.807. The Labute approximate surface area is 258 Å². The number of hydrogen-bond acceptors (Lipinski definition) is 1. The number of rotatable bonds is 5. The SMILES string of the molecule is Clc1cc2c(c3ccccc13)-c1cc(N(c3ccccc3)c3ccccc3)ccc1[Si]2(c1ccccc1)c1ccccc1. The van der Waals surface area contributed by atoms with E-state index in [1.54, 1.807) is 0 Å². The lowest BCUT2D eigenvalue weighted by molar-refractivity contribution is 1.29. The molecule has 43 heavy (non-hydrogen) atoms. The molecule has 0 spiro atoms. The van der Waals surface area contributed by atoms with Crippen molar-refractivity contribution in [2.24, 2.45) is 0 Å². The van der Waals surface area contributed by atoms with E-state index in [1.165, 1.54) is 37.3 Å². The summed E-state index contributed by atoms with van der Waals surface area (Å²) in [5.41, 5.74) is 5.98. The van der Waals surface area contributed by atoms with Crippen LogP contribution in [0.25, 0.3) is 21.9 Å². The zero-order valence-electron chi connectivity index (χ0n) is 23.5. The maximum Gasteiger partial charge on any atom is 0.180 e. The van der Waals surface area contributed by atoms with Crippen molar-refractivity contribution >= 4 is 68.3 Å². The second-order valence-corrected chi connectivity index (χ2v) is 15.2. The molecule has 0 radical (unpaired) electrons. The highest BCUT2D eigenvalue weighted by molar-refractivity contribution is 7.22. The molecule has 0 saturated carbocycles. The lowest BCUT2D eigenvalue weighted by Gasteiger charge is -2.32. The van der Waals surface area contributed by atoms with E-state index in [0.717, 1.165) is 27.5 Å². The quantitative estimate of drug-likeness (QED) is 0.184. The first-order valence-electron chi connectivity index (χ1n) is 14.6. The number of halogens is 1. The van der Waals surface area contributed by atoms with Crippen LogP contribution >= 0.6 is 11.6 Å². The van der Waals surface area contributed by atoms with Crippen LogP contribution in [-0.4, -0.2) is 8.07 Å². The van der Waals surface area contributed by atoms with Crippen molar-refractivity contribution in [1.29, 1.82) is 0 Å². The zero-order chi connectivity index (χ0) is 28.8. The summed E-state index contributed by atoms with van der Waals surface area (Å²) in [6.45, 7) is 0. The van der Waals surface area contributed by atoms with E-state index in [-0.39, 0.29) is 0 Å². The summed E-state index contributed by atoms with van der Waals surface area (Å²) in [7, 11) is -2.69. The topological polar surface area (TPSA) is 3.24 Å². The Morgan fingerprint density at radius 2 is 0.907 bits per heavy atom. The summed E-state index contributed by atoms with van der Waals surface area (Å²) in [6.07, 6.45) is 0. The van der Waals surface area contributed by atoms with Crippen LogP contribution in [0.1, 0.15) is 0 Å². The second kappa shape index (κ2) is 10.4. The Morgan fingerprint density at radius 3 is 1.47 bits per heavy atom. The fraction of sp³-hybridized carbons (Fsp3) is 0. The molecule has 0 unspecified atom stereocenters. The Morgan fingerprint density at radius 1 is 0.419 bits per heavy atom. The van der Waals surface area contributed by atoms with E-state index >= 15 is 0 Å². The third-order valence-electron chi connectivity index (χ3n) is 8.78. The average molecular weight is 586 g/mol. The van der Waals surface area contributed by atoms with Crippen LogP contribution in [0.5, 0.6) is 0 Å². The van der Waals surface area contributed by atoms with Crippen LogP contribution < -0.4 is 25.6 Å². The molecule has 8 rings (SSSR count). The van der Waals surface area contributed by atoms with Gasteiger partial charge in [-0.2, -0.15) is 0 Å². The Bertz CT molecular complexity index is 2000. The number of benzene rings is 7. The average Bonchev–Trinajstić information content (AvgIpc) is 3.37. The van der Waals surface area contributed by atoms with E-state index in [2.05, 4.69) is 175 Å². The highest BCUT2D eigenvalue weighted by Gasteiger charge is 2.49. The Balaban J connectivity index is 1.50. The lowest BCUT2D eigenvalue weighted by atomic mass is 9.97. The third kappa shape index (κ3) is 3.99. The Kier molecular flexibility index (Phi) is 6.25. The first-order valence-corrected chi connectivity index (χ1v) is 17.0. The number of fused-ring (bicyclic) bond motifs is 5. The largest absolute Gasteiger partial charge is 0.310 e. The second-order valence-electron chi connectivity index (χ2n) is 11.0. The van der Waals surface area contributed by atoms with E-state index in [0.29, 0.717) is 0 Å². The molecule has 1 nitrogen and oxygen atoms in total. The molecule has 7 aromatic carbocycles. The van der Waals surface area contributed by atoms with Crippen LogP contribution in [-0.2, 0) is 0 Å². The molecule has 0 amide bonds. The lowest BCUT2D eigenvalue weighted by Crippen LogP contribution is -2.72. The van der Waals surface area contributed by atoms with Gasteiger partial charge in [-0.05, 0) is 79.7 Å². The monoisotopic (exact) mass is 585 g/mol. The molecular weight excluding hydrogens is 558 g/mol. The minimum Gasteiger partial charge on any atom is -0.310 e. The van der Waals surface area contributed by atoms with E-state index in [9.17, 15) is 0 Å². The molecule has 0 atom stereocenters. The summed E-state index contributed by atoms with van der Waals surface area (Å²) >= 11 is 7.14. The fourth-order valence-corrected chi connectivity index (χ4v) is 12.6. The van der Waals surface area contributed by atoms with Crippen molar-refractivity contribution in [2.45, 2.75) is 0 Å². The smallest absolute Gasteiger partial charge is 0.180 e. The van der Waals surface area contributed by atoms with Crippen molar-refractivity contribution in [3.05, 3.63) is 175 Å². The van der Waals surface area contributed by atoms with Crippen LogP contribution in [0.15, 0.2) is 170 Å². The number of hydrogen-bond donors (Lipinski definition) is 0. The predicted molar refractivity (Wildman–Crippen MR) is 186 cm³/mol. The summed E-state index contributed by atoms with van der Waals surface area (Å²) < 4.78 is 0. The van der Waals surface area contributed by atoms with Gasteiger partial charge in [-0.3, -0.25) is 0 Å². The van der Waals surface area contributed by atoms with Gasteiger partial charge in [0.2, 0.25) is 0 Å². The molecule has 0 fully saturated rings. The first kappa shape index (κ1) is 25.8. The summed E-state index contributed by atoms with van der Waals surface area (Å²) in [6, 6.07) is 61.4. The van der Waals surface area contributed by atoms with Gasteiger partial charge in [0.05, 0.1) is 0 Å². The van der Waals surface area contributed by atoms with Gasteiger partial charge in [0, 0.05) is 27.5 Å². The summed E-state index contributed by atoms with van der Waals surface area (Å²) in [5.74, 6) is 0. The molecule has 0 saturated heterocycles. The van der Waals surface area contributed by atoms with E-state index < -0.39 is 8.07 Å². The molecule has 0 aromatic heterocycles. The molecule has 7 aromatic rings. The molecule has 0 bridgehead atoms. The molecule has 204 valence electrons. The van der Waals surface area contributed by atoms with Gasteiger partial charge in [-0.1, -0.05) is 139 Å². The minimum atomic E-state index is -2.69. The van der Waals surface area contributed by atoms with Crippen molar-refractivity contribution in [3.8, 4) is 11.1 Å².